The van der Waals surface area contributed by atoms with Crippen molar-refractivity contribution in [1.29, 1.82) is 5.26 Å². The smallest absolute Gasteiger partial charge is 0.357 e. The van der Waals surface area contributed by atoms with Gasteiger partial charge >= 0.3 is 5.97 Å². The van der Waals surface area contributed by atoms with E-state index in [2.05, 4.69) is 0 Å². The second-order valence-corrected chi connectivity index (χ2v) is 6.23. The first-order valence-corrected chi connectivity index (χ1v) is 8.37. The zero-order valence-corrected chi connectivity index (χ0v) is 15.1. The van der Waals surface area contributed by atoms with Gasteiger partial charge in [-0.3, -0.25) is 0 Å². The van der Waals surface area contributed by atoms with Crippen molar-refractivity contribution in [1.82, 2.24) is 4.57 Å². The molecular weight excluding hydrogens is 366 g/mol. The highest BCUT2D eigenvalue weighted by atomic mass is 35.5. The van der Waals surface area contributed by atoms with Crippen LogP contribution in [0.4, 0.5) is 5.69 Å². The van der Waals surface area contributed by atoms with Gasteiger partial charge in [-0.15, -0.1) is 0 Å². The van der Waals surface area contributed by atoms with E-state index >= 15 is 0 Å². The lowest BCUT2D eigenvalue weighted by molar-refractivity contribution is 0.0593. The molecule has 7 heteroatoms. The fourth-order valence-corrected chi connectivity index (χ4v) is 3.06. The van der Waals surface area contributed by atoms with Gasteiger partial charge in [0.2, 0.25) is 0 Å². The van der Waals surface area contributed by atoms with Gasteiger partial charge in [-0.2, -0.15) is 5.26 Å². The minimum Gasteiger partial charge on any atom is -0.464 e. The van der Waals surface area contributed by atoms with Gasteiger partial charge in [0.1, 0.15) is 12.2 Å². The van der Waals surface area contributed by atoms with Gasteiger partial charge < -0.3 is 20.1 Å². The molecule has 0 aliphatic heterocycles. The molecule has 0 radical (unpaired) electrons. The molecule has 0 saturated heterocycles. The highest BCUT2D eigenvalue weighted by Gasteiger charge is 2.25. The summed E-state index contributed by atoms with van der Waals surface area (Å²) in [6, 6.07) is 15.9. The number of carbonyl (C=O) groups excluding carboxylic acids is 1. The maximum Gasteiger partial charge on any atom is 0.357 e. The van der Waals surface area contributed by atoms with Crippen molar-refractivity contribution in [3.05, 3.63) is 82.1 Å². The lowest BCUT2D eigenvalue weighted by Crippen LogP contribution is -2.13. The van der Waals surface area contributed by atoms with Gasteiger partial charge in [0.05, 0.1) is 24.0 Å². The maximum atomic E-state index is 12.3. The van der Waals surface area contributed by atoms with Crippen LogP contribution in [0, 0.1) is 11.3 Å². The molecule has 0 bridgehead atoms. The number of methoxy groups -OCH3 is 1. The number of benzene rings is 2. The minimum absolute atomic E-state index is 0.0119. The van der Waals surface area contributed by atoms with Crippen LogP contribution in [0.1, 0.15) is 33.3 Å². The molecule has 0 aliphatic rings. The van der Waals surface area contributed by atoms with Crippen LogP contribution >= 0.6 is 11.6 Å². The Morgan fingerprint density at radius 2 is 2.00 bits per heavy atom. The Kier molecular flexibility index (Phi) is 5.17. The topological polar surface area (TPSA) is 101 Å². The number of aromatic nitrogens is 1. The van der Waals surface area contributed by atoms with Crippen LogP contribution in [0.5, 0.6) is 0 Å². The highest BCUT2D eigenvalue weighted by Crippen LogP contribution is 2.33. The normalized spacial score (nSPS) is 11.6. The van der Waals surface area contributed by atoms with Crippen LogP contribution in [0.2, 0.25) is 5.02 Å². The average molecular weight is 382 g/mol. The fourth-order valence-electron chi connectivity index (χ4n) is 2.88. The highest BCUT2D eigenvalue weighted by molar-refractivity contribution is 6.30. The average Bonchev–Trinajstić information content (AvgIpc) is 3.03. The number of hydrogen-bond donors (Lipinski definition) is 2. The Labute approximate surface area is 161 Å². The number of aliphatic hydroxyl groups is 1. The number of rotatable bonds is 4. The number of hydrogen-bond acceptors (Lipinski definition) is 5. The van der Waals surface area contributed by atoms with Gasteiger partial charge in [0.25, 0.3) is 0 Å². The van der Waals surface area contributed by atoms with Crippen molar-refractivity contribution in [2.45, 2.75) is 6.10 Å². The van der Waals surface area contributed by atoms with Gasteiger partial charge in [-0.1, -0.05) is 41.9 Å². The van der Waals surface area contributed by atoms with E-state index in [1.165, 1.54) is 17.9 Å². The molecule has 0 saturated carbocycles. The lowest BCUT2D eigenvalue weighted by Gasteiger charge is -2.18. The third kappa shape index (κ3) is 3.38. The third-order valence-electron chi connectivity index (χ3n) is 4.20. The third-order valence-corrected chi connectivity index (χ3v) is 4.44. The molecule has 0 aliphatic carbocycles. The number of halogens is 1. The van der Waals surface area contributed by atoms with Crippen molar-refractivity contribution in [2.24, 2.45) is 0 Å². The first-order valence-electron chi connectivity index (χ1n) is 8.00. The number of nitrogens with zero attached hydrogens (tertiary/aromatic N) is 2. The number of nitrogen functional groups attached to an aromatic ring is 1. The summed E-state index contributed by atoms with van der Waals surface area (Å²) >= 11 is 6.14. The van der Waals surface area contributed by atoms with Crippen molar-refractivity contribution in [3.63, 3.8) is 0 Å². The van der Waals surface area contributed by atoms with Crippen LogP contribution < -0.4 is 5.73 Å². The zero-order chi connectivity index (χ0) is 19.6. The molecule has 6 nitrogen and oxygen atoms in total. The van der Waals surface area contributed by atoms with E-state index in [4.69, 9.17) is 22.1 Å². The second-order valence-electron chi connectivity index (χ2n) is 5.79. The van der Waals surface area contributed by atoms with Crippen molar-refractivity contribution in [3.8, 4) is 11.8 Å². The Hall–Kier alpha value is -3.27. The number of ether oxygens (including phenoxy) is 1. The summed E-state index contributed by atoms with van der Waals surface area (Å²) in [5.41, 5.74) is 7.69. The Morgan fingerprint density at radius 1 is 1.30 bits per heavy atom. The Balaban J connectivity index is 2.25. The maximum absolute atomic E-state index is 12.3. The molecule has 27 heavy (non-hydrogen) atoms. The molecule has 1 aromatic heterocycles. The SMILES string of the molecule is COC(=O)c1c(N)c(C#N)cn1-c1ccc(Cl)cc1C(O)c1ccccc1. The van der Waals surface area contributed by atoms with Crippen LogP contribution in [0.25, 0.3) is 5.69 Å². The summed E-state index contributed by atoms with van der Waals surface area (Å²) < 4.78 is 6.25. The number of nitrogens with two attached hydrogens (primary N) is 1. The number of carbonyl (C=O) groups is 1. The van der Waals surface area contributed by atoms with E-state index in [-0.39, 0.29) is 16.9 Å². The predicted octanol–water partition coefficient (Wildman–Crippen LogP) is 3.45. The summed E-state index contributed by atoms with van der Waals surface area (Å²) in [4.78, 5) is 12.3. The molecule has 0 amide bonds. The van der Waals surface area contributed by atoms with Gasteiger partial charge in [-0.25, -0.2) is 4.79 Å². The summed E-state index contributed by atoms with van der Waals surface area (Å²) in [5.74, 6) is -0.691. The Morgan fingerprint density at radius 3 is 2.63 bits per heavy atom. The van der Waals surface area contributed by atoms with E-state index < -0.39 is 12.1 Å². The molecular formula is C20H16ClN3O3. The molecule has 1 unspecified atom stereocenters. The van der Waals surface area contributed by atoms with Crippen molar-refractivity contribution >= 4 is 23.3 Å². The van der Waals surface area contributed by atoms with Gasteiger partial charge in [-0.05, 0) is 23.8 Å². The lowest BCUT2D eigenvalue weighted by atomic mass is 9.99. The quantitative estimate of drug-likeness (QED) is 0.674. The van der Waals surface area contributed by atoms with E-state index in [0.29, 0.717) is 21.8 Å². The summed E-state index contributed by atoms with van der Waals surface area (Å²) in [5, 5.41) is 20.6. The monoisotopic (exact) mass is 381 g/mol. The zero-order valence-electron chi connectivity index (χ0n) is 14.4. The molecule has 3 aromatic rings. The molecule has 1 heterocycles. The minimum atomic E-state index is -1.00. The first kappa shape index (κ1) is 18.5. The molecule has 3 N–H and O–H groups in total. The van der Waals surface area contributed by atoms with Crippen LogP contribution in [-0.4, -0.2) is 22.8 Å². The van der Waals surface area contributed by atoms with E-state index in [1.54, 1.807) is 30.3 Å². The number of anilines is 1. The molecule has 136 valence electrons. The van der Waals surface area contributed by atoms with Crippen LogP contribution in [0.15, 0.2) is 54.7 Å². The van der Waals surface area contributed by atoms with Gasteiger partial charge in [0, 0.05) is 16.8 Å². The summed E-state index contributed by atoms with van der Waals surface area (Å²) in [6.45, 7) is 0. The molecule has 2 aromatic carbocycles. The number of esters is 1. The van der Waals surface area contributed by atoms with E-state index in [1.807, 2.05) is 24.3 Å². The first-order chi connectivity index (χ1) is 13.0. The fraction of sp³-hybridized carbons (Fsp3) is 0.100. The largest absolute Gasteiger partial charge is 0.464 e. The summed E-state index contributed by atoms with van der Waals surface area (Å²) in [7, 11) is 1.23. The second kappa shape index (κ2) is 7.54. The molecule has 0 spiro atoms. The molecule has 0 fully saturated rings. The van der Waals surface area contributed by atoms with Gasteiger partial charge in [0.15, 0.2) is 5.69 Å². The van der Waals surface area contributed by atoms with Crippen LogP contribution in [-0.2, 0) is 4.74 Å². The van der Waals surface area contributed by atoms with E-state index in [9.17, 15) is 15.2 Å². The van der Waals surface area contributed by atoms with E-state index in [0.717, 1.165) is 0 Å². The predicted molar refractivity (Wildman–Crippen MR) is 102 cm³/mol. The molecule has 3 rings (SSSR count). The van der Waals surface area contributed by atoms with Crippen molar-refractivity contribution < 1.29 is 14.6 Å². The van der Waals surface area contributed by atoms with Crippen molar-refractivity contribution in [2.75, 3.05) is 12.8 Å². The summed E-state index contributed by atoms with van der Waals surface area (Å²) in [6.07, 6.45) is 0.436. The number of nitriles is 1. The standard InChI is InChI=1S/C20H16ClN3O3/c1-27-20(26)18-17(23)13(10-22)11-24(18)16-8-7-14(21)9-15(16)19(25)12-5-3-2-4-6-12/h2-9,11,19,25H,23H2,1H3. The molecule has 1 atom stereocenters. The number of aliphatic hydroxyl groups excluding tert-OH is 1. The van der Waals surface area contributed by atoms with Crippen LogP contribution in [0.3, 0.4) is 0 Å². The Bertz CT molecular complexity index is 1040.